The van der Waals surface area contributed by atoms with Crippen molar-refractivity contribution < 1.29 is 17.9 Å². The van der Waals surface area contributed by atoms with E-state index in [9.17, 15) is 13.2 Å². The Bertz CT molecular complexity index is 730. The maximum absolute atomic E-state index is 12.0. The van der Waals surface area contributed by atoms with E-state index in [1.807, 2.05) is 18.2 Å². The molecule has 0 aromatic heterocycles. The number of rotatable bonds is 6. The largest absolute Gasteiger partial charge is 0.457 e. The molecule has 0 unspecified atom stereocenters. The molecule has 0 saturated heterocycles. The lowest BCUT2D eigenvalue weighted by Gasteiger charge is -2.08. The van der Waals surface area contributed by atoms with Gasteiger partial charge in [-0.05, 0) is 24.3 Å². The van der Waals surface area contributed by atoms with Crippen LogP contribution in [-0.4, -0.2) is 20.9 Å². The second-order valence-electron chi connectivity index (χ2n) is 4.18. The van der Waals surface area contributed by atoms with Gasteiger partial charge in [0.25, 0.3) is 0 Å². The molecular formula is C14H14N2O4S. The molecule has 2 aromatic rings. The number of nitrogens with one attached hydrogen (secondary N) is 1. The first-order valence-corrected chi connectivity index (χ1v) is 7.56. The average molecular weight is 306 g/mol. The van der Waals surface area contributed by atoms with E-state index in [1.165, 1.54) is 12.1 Å². The molecule has 6 nitrogen and oxygen atoms in total. The van der Waals surface area contributed by atoms with Gasteiger partial charge < -0.3 is 10.5 Å². The van der Waals surface area contributed by atoms with E-state index < -0.39 is 22.5 Å². The van der Waals surface area contributed by atoms with Crippen molar-refractivity contribution in [2.45, 2.75) is 4.90 Å². The van der Waals surface area contributed by atoms with E-state index in [1.54, 1.807) is 24.3 Å². The minimum atomic E-state index is -3.80. The van der Waals surface area contributed by atoms with Crippen molar-refractivity contribution in [3.8, 4) is 11.5 Å². The van der Waals surface area contributed by atoms with Crippen LogP contribution in [0.1, 0.15) is 0 Å². The fourth-order valence-electron chi connectivity index (χ4n) is 1.58. The molecule has 0 aliphatic carbocycles. The Morgan fingerprint density at radius 3 is 2.38 bits per heavy atom. The molecule has 0 saturated carbocycles. The predicted molar refractivity (Wildman–Crippen MR) is 77.3 cm³/mol. The fourth-order valence-corrected chi connectivity index (χ4v) is 2.61. The predicted octanol–water partition coefficient (Wildman–Crippen LogP) is 1.24. The highest BCUT2D eigenvalue weighted by Crippen LogP contribution is 2.23. The summed E-state index contributed by atoms with van der Waals surface area (Å²) in [7, 11) is -3.80. The number of hydrogen-bond donors (Lipinski definition) is 2. The molecule has 0 spiro atoms. The van der Waals surface area contributed by atoms with Crippen molar-refractivity contribution in [2.24, 2.45) is 5.73 Å². The highest BCUT2D eigenvalue weighted by atomic mass is 32.2. The van der Waals surface area contributed by atoms with E-state index >= 15 is 0 Å². The van der Waals surface area contributed by atoms with Crippen molar-refractivity contribution in [2.75, 3.05) is 6.54 Å². The van der Waals surface area contributed by atoms with E-state index in [0.717, 1.165) is 0 Å². The molecule has 0 bridgehead atoms. The Hall–Kier alpha value is -2.38. The number of ether oxygens (including phenoxy) is 1. The topological polar surface area (TPSA) is 98.5 Å². The summed E-state index contributed by atoms with van der Waals surface area (Å²) in [6, 6.07) is 14.9. The first kappa shape index (κ1) is 15.0. The molecule has 110 valence electrons. The van der Waals surface area contributed by atoms with Gasteiger partial charge in [-0.3, -0.25) is 4.79 Å². The highest BCUT2D eigenvalue weighted by molar-refractivity contribution is 7.89. The Morgan fingerprint density at radius 1 is 1.05 bits per heavy atom. The molecule has 21 heavy (non-hydrogen) atoms. The molecule has 0 heterocycles. The summed E-state index contributed by atoms with van der Waals surface area (Å²) >= 11 is 0. The van der Waals surface area contributed by atoms with Crippen molar-refractivity contribution >= 4 is 15.9 Å². The third-order valence-electron chi connectivity index (χ3n) is 2.53. The van der Waals surface area contributed by atoms with Crippen LogP contribution in [0.5, 0.6) is 11.5 Å². The van der Waals surface area contributed by atoms with Gasteiger partial charge >= 0.3 is 0 Å². The smallest absolute Gasteiger partial charge is 0.241 e. The van der Waals surface area contributed by atoms with Crippen LogP contribution in [0.15, 0.2) is 59.5 Å². The van der Waals surface area contributed by atoms with Crippen LogP contribution in [0.4, 0.5) is 0 Å². The SMILES string of the molecule is NC(=O)CNS(=O)(=O)c1cccc(Oc2ccccc2)c1. The summed E-state index contributed by atoms with van der Waals surface area (Å²) in [6.45, 7) is -0.452. The highest BCUT2D eigenvalue weighted by Gasteiger charge is 2.15. The lowest BCUT2D eigenvalue weighted by Crippen LogP contribution is -2.33. The van der Waals surface area contributed by atoms with Crippen LogP contribution in [0.3, 0.4) is 0 Å². The Kier molecular flexibility index (Phi) is 4.56. The van der Waals surface area contributed by atoms with Gasteiger partial charge in [-0.15, -0.1) is 0 Å². The fraction of sp³-hybridized carbons (Fsp3) is 0.0714. The lowest BCUT2D eigenvalue weighted by atomic mass is 10.3. The molecule has 0 atom stereocenters. The van der Waals surface area contributed by atoms with E-state index in [0.29, 0.717) is 11.5 Å². The molecular weight excluding hydrogens is 292 g/mol. The minimum absolute atomic E-state index is 0.00261. The van der Waals surface area contributed by atoms with Crippen LogP contribution in [0.25, 0.3) is 0 Å². The molecule has 2 aromatic carbocycles. The zero-order valence-corrected chi connectivity index (χ0v) is 11.8. The molecule has 0 aliphatic rings. The van der Waals surface area contributed by atoms with E-state index in [2.05, 4.69) is 4.72 Å². The molecule has 7 heteroatoms. The number of amides is 1. The summed E-state index contributed by atoms with van der Waals surface area (Å²) in [5, 5.41) is 0. The standard InChI is InChI=1S/C14H14N2O4S/c15-14(17)10-16-21(18,19)13-8-4-7-12(9-13)20-11-5-2-1-3-6-11/h1-9,16H,10H2,(H2,15,17). The van der Waals surface area contributed by atoms with Crippen LogP contribution in [0.2, 0.25) is 0 Å². The molecule has 0 aliphatic heterocycles. The van der Waals surface area contributed by atoms with Gasteiger partial charge in [-0.25, -0.2) is 13.1 Å². The van der Waals surface area contributed by atoms with Crippen LogP contribution in [0, 0.1) is 0 Å². The first-order valence-electron chi connectivity index (χ1n) is 6.08. The third kappa shape index (κ3) is 4.30. The van der Waals surface area contributed by atoms with E-state index in [-0.39, 0.29) is 4.90 Å². The zero-order chi connectivity index (χ0) is 15.3. The van der Waals surface area contributed by atoms with Gasteiger partial charge in [0.1, 0.15) is 11.5 Å². The number of nitrogens with two attached hydrogens (primary N) is 1. The maximum atomic E-state index is 12.0. The van der Waals surface area contributed by atoms with Crippen LogP contribution in [-0.2, 0) is 14.8 Å². The Labute approximate surface area is 122 Å². The van der Waals surface area contributed by atoms with Gasteiger partial charge in [-0.2, -0.15) is 0 Å². The van der Waals surface area contributed by atoms with Gasteiger partial charge in [0, 0.05) is 6.07 Å². The van der Waals surface area contributed by atoms with Crippen LogP contribution >= 0.6 is 0 Å². The van der Waals surface area contributed by atoms with Crippen molar-refractivity contribution in [3.05, 3.63) is 54.6 Å². The second kappa shape index (κ2) is 6.38. The molecule has 1 amide bonds. The number of primary amides is 1. The minimum Gasteiger partial charge on any atom is -0.457 e. The first-order chi connectivity index (χ1) is 9.97. The van der Waals surface area contributed by atoms with Gasteiger partial charge in [0.15, 0.2) is 0 Å². The molecule has 2 rings (SSSR count). The lowest BCUT2D eigenvalue weighted by molar-refractivity contribution is -0.116. The maximum Gasteiger partial charge on any atom is 0.241 e. The second-order valence-corrected chi connectivity index (χ2v) is 5.95. The summed E-state index contributed by atoms with van der Waals surface area (Å²) < 4.78 is 31.6. The summed E-state index contributed by atoms with van der Waals surface area (Å²) in [5.41, 5.74) is 4.92. The van der Waals surface area contributed by atoms with Gasteiger partial charge in [0.2, 0.25) is 15.9 Å². The van der Waals surface area contributed by atoms with Crippen LogP contribution < -0.4 is 15.2 Å². The van der Waals surface area contributed by atoms with Gasteiger partial charge in [0.05, 0.1) is 11.4 Å². The molecule has 0 radical (unpaired) electrons. The van der Waals surface area contributed by atoms with Crippen molar-refractivity contribution in [1.82, 2.24) is 4.72 Å². The monoisotopic (exact) mass is 306 g/mol. The van der Waals surface area contributed by atoms with Crippen molar-refractivity contribution in [1.29, 1.82) is 0 Å². The number of sulfonamides is 1. The Balaban J connectivity index is 2.19. The number of carbonyl (C=O) groups excluding carboxylic acids is 1. The molecule has 3 N–H and O–H groups in total. The number of carbonyl (C=O) groups is 1. The van der Waals surface area contributed by atoms with E-state index in [4.69, 9.17) is 10.5 Å². The number of hydrogen-bond acceptors (Lipinski definition) is 4. The average Bonchev–Trinajstić information content (AvgIpc) is 2.47. The summed E-state index contributed by atoms with van der Waals surface area (Å²) in [6.07, 6.45) is 0. The van der Waals surface area contributed by atoms with Crippen molar-refractivity contribution in [3.63, 3.8) is 0 Å². The quantitative estimate of drug-likeness (QED) is 0.839. The molecule has 0 fully saturated rings. The summed E-state index contributed by atoms with van der Waals surface area (Å²) in [4.78, 5) is 10.7. The summed E-state index contributed by atoms with van der Waals surface area (Å²) in [5.74, 6) is 0.218. The normalized spacial score (nSPS) is 11.0. The number of benzene rings is 2. The third-order valence-corrected chi connectivity index (χ3v) is 3.93. The zero-order valence-electron chi connectivity index (χ0n) is 11.0. The Morgan fingerprint density at radius 2 is 1.71 bits per heavy atom. The van der Waals surface area contributed by atoms with Gasteiger partial charge in [-0.1, -0.05) is 24.3 Å². The number of para-hydroxylation sites is 1.